The van der Waals surface area contributed by atoms with Gasteiger partial charge in [-0.25, -0.2) is 13.6 Å². The fourth-order valence-electron chi connectivity index (χ4n) is 3.44. The van der Waals surface area contributed by atoms with Crippen LogP contribution in [0.4, 0.5) is 13.6 Å². The molecule has 0 bridgehead atoms. The predicted octanol–water partition coefficient (Wildman–Crippen LogP) is 0.476. The molecule has 2 amide bonds. The maximum Gasteiger partial charge on any atom is 0.407 e. The Morgan fingerprint density at radius 3 is 2.88 bits per heavy atom. The third kappa shape index (κ3) is 3.58. The van der Waals surface area contributed by atoms with E-state index >= 15 is 0 Å². The number of amides is 2. The number of fused-ring (bicyclic) bond motifs is 3. The highest BCUT2D eigenvalue weighted by molar-refractivity contribution is 5.94. The van der Waals surface area contributed by atoms with Crippen molar-refractivity contribution in [3.8, 4) is 0 Å². The minimum absolute atomic E-state index is 0.0501. The second-order valence-electron chi connectivity index (χ2n) is 6.51. The third-order valence-electron chi connectivity index (χ3n) is 4.62. The Balaban J connectivity index is 1.83. The average Bonchev–Trinajstić information content (AvgIpc) is 2.84. The van der Waals surface area contributed by atoms with Crippen molar-refractivity contribution in [3.05, 3.63) is 17.0 Å². The number of carboxylic acid groups (broad SMARTS) is 1. The fraction of sp³-hybridized carbons (Fsp3) is 0.667. The number of alkyl halides is 2. The van der Waals surface area contributed by atoms with E-state index in [4.69, 9.17) is 0 Å². The number of aromatic nitrogens is 2. The zero-order chi connectivity index (χ0) is 18.1. The quantitative estimate of drug-likeness (QED) is 0.818. The standard InChI is InChI=1S/C15H21F2N5O3/c1-20-6-9(4-18-5-12(16)17)7-22-13(14(20)23)10-8-21(15(24)25)3-2-11(10)19-22/h9,12,18H,2-8H2,1H3,(H,24,25). The molecule has 2 aliphatic heterocycles. The Labute approximate surface area is 143 Å². The molecular weight excluding hydrogens is 336 g/mol. The number of nitrogens with zero attached hydrogens (tertiary/aromatic N) is 4. The van der Waals surface area contributed by atoms with Crippen LogP contribution in [-0.2, 0) is 19.5 Å². The normalized spacial score (nSPS) is 20.5. The van der Waals surface area contributed by atoms with Crippen molar-refractivity contribution in [2.24, 2.45) is 5.92 Å². The van der Waals surface area contributed by atoms with E-state index in [1.54, 1.807) is 16.6 Å². The van der Waals surface area contributed by atoms with Crippen LogP contribution in [0.15, 0.2) is 0 Å². The lowest BCUT2D eigenvalue weighted by Crippen LogP contribution is -2.37. The minimum Gasteiger partial charge on any atom is -0.465 e. The van der Waals surface area contributed by atoms with E-state index in [0.717, 1.165) is 5.69 Å². The molecule has 1 atom stereocenters. The topological polar surface area (TPSA) is 90.7 Å². The van der Waals surface area contributed by atoms with Crippen molar-refractivity contribution in [2.45, 2.75) is 25.9 Å². The molecule has 0 spiro atoms. The summed E-state index contributed by atoms with van der Waals surface area (Å²) in [5, 5.41) is 16.4. The van der Waals surface area contributed by atoms with Gasteiger partial charge in [-0.2, -0.15) is 5.10 Å². The summed E-state index contributed by atoms with van der Waals surface area (Å²) in [6.45, 7) is 1.32. The number of rotatable bonds is 4. The molecule has 0 aliphatic carbocycles. The molecule has 0 aromatic carbocycles. The van der Waals surface area contributed by atoms with E-state index in [-0.39, 0.29) is 24.9 Å². The third-order valence-corrected chi connectivity index (χ3v) is 4.62. The van der Waals surface area contributed by atoms with E-state index in [1.165, 1.54) is 4.90 Å². The SMILES string of the molecule is CN1CC(CNCC(F)F)Cn2nc3c(c2C1=O)CN(C(=O)O)CC3. The summed E-state index contributed by atoms with van der Waals surface area (Å²) >= 11 is 0. The summed E-state index contributed by atoms with van der Waals surface area (Å²) in [7, 11) is 1.66. The first kappa shape index (κ1) is 17.6. The Morgan fingerprint density at radius 2 is 2.20 bits per heavy atom. The highest BCUT2D eigenvalue weighted by Gasteiger charge is 2.34. The van der Waals surface area contributed by atoms with Crippen LogP contribution in [0.2, 0.25) is 0 Å². The van der Waals surface area contributed by atoms with E-state index in [0.29, 0.717) is 43.9 Å². The number of nitrogens with one attached hydrogen (secondary N) is 1. The molecule has 0 radical (unpaired) electrons. The number of hydrogen-bond donors (Lipinski definition) is 2. The number of halogens is 2. The molecule has 1 unspecified atom stereocenters. The molecule has 1 aromatic rings. The number of carbonyl (C=O) groups is 2. The highest BCUT2D eigenvalue weighted by Crippen LogP contribution is 2.26. The first-order chi connectivity index (χ1) is 11.9. The van der Waals surface area contributed by atoms with Crippen LogP contribution < -0.4 is 5.32 Å². The lowest BCUT2D eigenvalue weighted by Gasteiger charge is -2.24. The molecule has 3 heterocycles. The maximum absolute atomic E-state index is 12.7. The lowest BCUT2D eigenvalue weighted by atomic mass is 10.1. The average molecular weight is 357 g/mol. The van der Waals surface area contributed by atoms with E-state index < -0.39 is 12.5 Å². The number of carbonyl (C=O) groups excluding carboxylic acids is 1. The molecule has 10 heteroatoms. The summed E-state index contributed by atoms with van der Waals surface area (Å²) in [4.78, 5) is 26.8. The fourth-order valence-corrected chi connectivity index (χ4v) is 3.44. The molecule has 1 aromatic heterocycles. The Bertz CT molecular complexity index is 678. The van der Waals surface area contributed by atoms with Gasteiger partial charge >= 0.3 is 6.09 Å². The van der Waals surface area contributed by atoms with Crippen LogP contribution in [0.25, 0.3) is 0 Å². The van der Waals surface area contributed by atoms with Crippen LogP contribution in [0.3, 0.4) is 0 Å². The second-order valence-corrected chi connectivity index (χ2v) is 6.51. The van der Waals surface area contributed by atoms with Crippen LogP contribution in [0.1, 0.15) is 21.7 Å². The first-order valence-electron chi connectivity index (χ1n) is 8.17. The molecule has 138 valence electrons. The van der Waals surface area contributed by atoms with E-state index in [9.17, 15) is 23.5 Å². The molecule has 8 nitrogen and oxygen atoms in total. The van der Waals surface area contributed by atoms with Gasteiger partial charge in [0.25, 0.3) is 12.3 Å². The van der Waals surface area contributed by atoms with Gasteiger partial charge < -0.3 is 20.2 Å². The summed E-state index contributed by atoms with van der Waals surface area (Å²) in [5.41, 5.74) is 1.82. The van der Waals surface area contributed by atoms with Gasteiger partial charge in [0, 0.05) is 51.1 Å². The van der Waals surface area contributed by atoms with Crippen LogP contribution in [0.5, 0.6) is 0 Å². The zero-order valence-corrected chi connectivity index (χ0v) is 13.9. The molecule has 25 heavy (non-hydrogen) atoms. The summed E-state index contributed by atoms with van der Waals surface area (Å²) < 4.78 is 26.2. The second kappa shape index (κ2) is 6.95. The number of hydrogen-bond acceptors (Lipinski definition) is 4. The molecule has 0 saturated carbocycles. The predicted molar refractivity (Wildman–Crippen MR) is 83.7 cm³/mol. The minimum atomic E-state index is -2.42. The Hall–Kier alpha value is -2.23. The molecule has 2 N–H and O–H groups in total. The molecule has 0 fully saturated rings. The summed E-state index contributed by atoms with van der Waals surface area (Å²) in [6, 6.07) is 0. The van der Waals surface area contributed by atoms with Gasteiger partial charge in [-0.1, -0.05) is 0 Å². The van der Waals surface area contributed by atoms with Crippen molar-refractivity contribution < 1.29 is 23.5 Å². The zero-order valence-electron chi connectivity index (χ0n) is 13.9. The van der Waals surface area contributed by atoms with E-state index in [1.807, 2.05) is 0 Å². The van der Waals surface area contributed by atoms with Crippen molar-refractivity contribution >= 4 is 12.0 Å². The van der Waals surface area contributed by atoms with Crippen LogP contribution >= 0.6 is 0 Å². The van der Waals surface area contributed by atoms with E-state index in [2.05, 4.69) is 10.4 Å². The summed E-state index contributed by atoms with van der Waals surface area (Å²) in [5.74, 6) is -0.261. The lowest BCUT2D eigenvalue weighted by molar-refractivity contribution is 0.0775. The van der Waals surface area contributed by atoms with Gasteiger partial charge in [-0.05, 0) is 0 Å². The van der Waals surface area contributed by atoms with Gasteiger partial charge in [0.1, 0.15) is 5.69 Å². The van der Waals surface area contributed by atoms with Crippen molar-refractivity contribution in [3.63, 3.8) is 0 Å². The van der Waals surface area contributed by atoms with Gasteiger partial charge in [0.15, 0.2) is 0 Å². The van der Waals surface area contributed by atoms with Gasteiger partial charge in [-0.15, -0.1) is 0 Å². The molecule has 3 rings (SSSR count). The van der Waals surface area contributed by atoms with Crippen molar-refractivity contribution in [2.75, 3.05) is 33.2 Å². The van der Waals surface area contributed by atoms with Gasteiger partial charge in [0.2, 0.25) is 0 Å². The smallest absolute Gasteiger partial charge is 0.407 e. The Morgan fingerprint density at radius 1 is 1.44 bits per heavy atom. The van der Waals surface area contributed by atoms with Gasteiger partial charge in [-0.3, -0.25) is 9.48 Å². The van der Waals surface area contributed by atoms with Crippen molar-refractivity contribution in [1.29, 1.82) is 0 Å². The molecule has 0 saturated heterocycles. The monoisotopic (exact) mass is 357 g/mol. The summed E-state index contributed by atoms with van der Waals surface area (Å²) in [6.07, 6.45) is -2.97. The highest BCUT2D eigenvalue weighted by atomic mass is 19.3. The Kier molecular flexibility index (Phi) is 4.89. The van der Waals surface area contributed by atoms with Crippen LogP contribution in [0, 0.1) is 5.92 Å². The van der Waals surface area contributed by atoms with Gasteiger partial charge in [0.05, 0.1) is 18.8 Å². The molecular formula is C15H21F2N5O3. The maximum atomic E-state index is 12.7. The molecule has 2 aliphatic rings. The van der Waals surface area contributed by atoms with Crippen molar-refractivity contribution in [1.82, 2.24) is 24.9 Å². The first-order valence-corrected chi connectivity index (χ1v) is 8.17. The van der Waals surface area contributed by atoms with Crippen LogP contribution in [-0.4, -0.2) is 76.3 Å². The largest absolute Gasteiger partial charge is 0.465 e.